The lowest BCUT2D eigenvalue weighted by atomic mass is 9.82. The molecule has 1 amide bonds. The highest BCUT2D eigenvalue weighted by molar-refractivity contribution is 5.94. The van der Waals surface area contributed by atoms with E-state index in [1.807, 2.05) is 0 Å². The summed E-state index contributed by atoms with van der Waals surface area (Å²) < 4.78 is 26.4. The fraction of sp³-hybridized carbons (Fsp3) is 0.500. The van der Waals surface area contributed by atoms with Crippen LogP contribution in [0.15, 0.2) is 18.2 Å². The third-order valence-corrected chi connectivity index (χ3v) is 3.62. The Labute approximate surface area is 123 Å². The van der Waals surface area contributed by atoms with Crippen LogP contribution in [-0.2, 0) is 0 Å². The molecule has 1 aromatic carbocycles. The third-order valence-electron chi connectivity index (χ3n) is 3.62. The Morgan fingerprint density at radius 1 is 1.25 bits per heavy atom. The molecule has 0 aromatic heterocycles. The van der Waals surface area contributed by atoms with Crippen LogP contribution >= 0.6 is 12.4 Å². The predicted molar refractivity (Wildman–Crippen MR) is 75.9 cm³/mol. The lowest BCUT2D eigenvalue weighted by Gasteiger charge is -2.33. The summed E-state index contributed by atoms with van der Waals surface area (Å²) in [6.45, 7) is 0.293. The molecule has 0 saturated heterocycles. The highest BCUT2D eigenvalue weighted by atomic mass is 35.5. The van der Waals surface area contributed by atoms with E-state index in [4.69, 9.17) is 5.73 Å². The molecule has 0 unspecified atom stereocenters. The van der Waals surface area contributed by atoms with E-state index in [0.29, 0.717) is 6.54 Å². The Kier molecular flexibility index (Phi) is 5.89. The lowest BCUT2D eigenvalue weighted by Crippen LogP contribution is -2.51. The maximum atomic E-state index is 13.4. The van der Waals surface area contributed by atoms with E-state index in [1.165, 1.54) is 0 Å². The average Bonchev–Trinajstić information content (AvgIpc) is 2.40. The molecule has 112 valence electrons. The third kappa shape index (κ3) is 4.15. The first-order valence-electron chi connectivity index (χ1n) is 6.52. The second kappa shape index (κ2) is 6.99. The number of benzene rings is 1. The molecule has 0 bridgehead atoms. The largest absolute Gasteiger partial charge is 0.350 e. The van der Waals surface area contributed by atoms with E-state index in [9.17, 15) is 13.6 Å². The Bertz CT molecular complexity index is 476. The van der Waals surface area contributed by atoms with Crippen molar-refractivity contribution in [2.45, 2.75) is 37.6 Å². The number of nitrogens with two attached hydrogens (primary N) is 1. The van der Waals surface area contributed by atoms with Crippen LogP contribution in [0.3, 0.4) is 0 Å². The van der Waals surface area contributed by atoms with Crippen molar-refractivity contribution in [1.29, 1.82) is 0 Å². The molecule has 20 heavy (non-hydrogen) atoms. The van der Waals surface area contributed by atoms with Gasteiger partial charge in [0.2, 0.25) is 0 Å². The highest BCUT2D eigenvalue weighted by Gasteiger charge is 2.28. The lowest BCUT2D eigenvalue weighted by molar-refractivity contribution is 0.0933. The van der Waals surface area contributed by atoms with E-state index in [2.05, 4.69) is 5.32 Å². The Morgan fingerprint density at radius 3 is 2.55 bits per heavy atom. The molecule has 3 N–H and O–H groups in total. The summed E-state index contributed by atoms with van der Waals surface area (Å²) >= 11 is 0. The predicted octanol–water partition coefficient (Wildman–Crippen LogP) is 2.78. The molecule has 0 atom stereocenters. The number of carbonyl (C=O) groups excluding carboxylic acids is 1. The first kappa shape index (κ1) is 16.9. The van der Waals surface area contributed by atoms with Crippen molar-refractivity contribution in [2.75, 3.05) is 6.54 Å². The summed E-state index contributed by atoms with van der Waals surface area (Å²) in [4.78, 5) is 11.8. The van der Waals surface area contributed by atoms with Gasteiger partial charge in [0.15, 0.2) is 0 Å². The van der Waals surface area contributed by atoms with Crippen molar-refractivity contribution in [3.8, 4) is 0 Å². The number of hydrogen-bond donors (Lipinski definition) is 2. The molecule has 2 rings (SSSR count). The number of carbonyl (C=O) groups is 1. The normalized spacial score (nSPS) is 17.1. The van der Waals surface area contributed by atoms with Crippen LogP contribution in [0.2, 0.25) is 0 Å². The first-order chi connectivity index (χ1) is 9.00. The van der Waals surface area contributed by atoms with Crippen LogP contribution in [0.4, 0.5) is 8.78 Å². The van der Waals surface area contributed by atoms with Gasteiger partial charge in [0.05, 0.1) is 5.56 Å². The standard InChI is InChI=1S/C14H18F2N2O.ClH/c15-10-4-5-12(16)11(8-10)13(19)18-9-14(17)6-2-1-3-7-14;/h4-5,8H,1-3,6-7,9,17H2,(H,18,19);1H. The van der Waals surface area contributed by atoms with Crippen LogP contribution in [0.1, 0.15) is 42.5 Å². The van der Waals surface area contributed by atoms with Gasteiger partial charge in [-0.2, -0.15) is 0 Å². The van der Waals surface area contributed by atoms with Crippen LogP contribution in [0, 0.1) is 11.6 Å². The molecule has 6 heteroatoms. The minimum absolute atomic E-state index is 0. The molecule has 3 nitrogen and oxygen atoms in total. The monoisotopic (exact) mass is 304 g/mol. The SMILES string of the molecule is Cl.NC1(CNC(=O)c2cc(F)ccc2F)CCCCC1. The zero-order valence-corrected chi connectivity index (χ0v) is 11.9. The second-order valence-corrected chi connectivity index (χ2v) is 5.23. The summed E-state index contributed by atoms with van der Waals surface area (Å²) in [5.41, 5.74) is 5.47. The molecular formula is C14H19ClF2N2O. The van der Waals surface area contributed by atoms with Gasteiger partial charge >= 0.3 is 0 Å². The molecule has 0 spiro atoms. The van der Waals surface area contributed by atoms with Crippen molar-refractivity contribution >= 4 is 18.3 Å². The smallest absolute Gasteiger partial charge is 0.254 e. The van der Waals surface area contributed by atoms with Gasteiger partial charge in [-0.3, -0.25) is 4.79 Å². The van der Waals surface area contributed by atoms with Gasteiger partial charge in [-0.15, -0.1) is 12.4 Å². The van der Waals surface area contributed by atoms with E-state index in [0.717, 1.165) is 50.3 Å². The molecule has 0 heterocycles. The van der Waals surface area contributed by atoms with E-state index in [-0.39, 0.29) is 18.0 Å². The minimum atomic E-state index is -0.728. The van der Waals surface area contributed by atoms with Gasteiger partial charge in [0.1, 0.15) is 11.6 Å². The summed E-state index contributed by atoms with van der Waals surface area (Å²) in [5.74, 6) is -1.98. The highest BCUT2D eigenvalue weighted by Crippen LogP contribution is 2.25. The van der Waals surface area contributed by atoms with E-state index < -0.39 is 23.1 Å². The number of nitrogens with one attached hydrogen (secondary N) is 1. The fourth-order valence-corrected chi connectivity index (χ4v) is 2.46. The average molecular weight is 305 g/mol. The second-order valence-electron chi connectivity index (χ2n) is 5.23. The van der Waals surface area contributed by atoms with Gasteiger partial charge in [0, 0.05) is 12.1 Å². The van der Waals surface area contributed by atoms with Crippen LogP contribution in [-0.4, -0.2) is 18.0 Å². The van der Waals surface area contributed by atoms with Gasteiger partial charge in [-0.1, -0.05) is 19.3 Å². The van der Waals surface area contributed by atoms with Crippen LogP contribution < -0.4 is 11.1 Å². The van der Waals surface area contributed by atoms with Gasteiger partial charge < -0.3 is 11.1 Å². The number of rotatable bonds is 3. The number of halogens is 3. The number of amides is 1. The van der Waals surface area contributed by atoms with Crippen LogP contribution in [0.5, 0.6) is 0 Å². The molecule has 1 saturated carbocycles. The summed E-state index contributed by atoms with van der Waals surface area (Å²) in [7, 11) is 0. The molecule has 0 aliphatic heterocycles. The first-order valence-corrected chi connectivity index (χ1v) is 6.52. The van der Waals surface area contributed by atoms with Gasteiger partial charge in [-0.05, 0) is 31.0 Å². The maximum absolute atomic E-state index is 13.4. The molecule has 0 radical (unpaired) electrons. The molecule has 1 aliphatic carbocycles. The van der Waals surface area contributed by atoms with Crippen LogP contribution in [0.25, 0.3) is 0 Å². The molecule has 1 fully saturated rings. The quantitative estimate of drug-likeness (QED) is 0.902. The Balaban J connectivity index is 0.00000200. The summed E-state index contributed by atoms with van der Waals surface area (Å²) in [6.07, 6.45) is 4.94. The van der Waals surface area contributed by atoms with Crippen molar-refractivity contribution < 1.29 is 13.6 Å². The van der Waals surface area contributed by atoms with Gasteiger partial charge in [-0.25, -0.2) is 8.78 Å². The zero-order chi connectivity index (χ0) is 13.9. The summed E-state index contributed by atoms with van der Waals surface area (Å²) in [6, 6.07) is 2.83. The molecule has 1 aliphatic rings. The zero-order valence-electron chi connectivity index (χ0n) is 11.1. The van der Waals surface area contributed by atoms with E-state index in [1.54, 1.807) is 0 Å². The Morgan fingerprint density at radius 2 is 1.90 bits per heavy atom. The number of hydrogen-bond acceptors (Lipinski definition) is 2. The summed E-state index contributed by atoms with van der Waals surface area (Å²) in [5, 5.41) is 2.61. The minimum Gasteiger partial charge on any atom is -0.350 e. The molecular weight excluding hydrogens is 286 g/mol. The maximum Gasteiger partial charge on any atom is 0.254 e. The Hall–Kier alpha value is -1.20. The van der Waals surface area contributed by atoms with Crippen molar-refractivity contribution in [1.82, 2.24) is 5.32 Å². The van der Waals surface area contributed by atoms with Crippen molar-refractivity contribution in [3.63, 3.8) is 0 Å². The van der Waals surface area contributed by atoms with Gasteiger partial charge in [0.25, 0.3) is 5.91 Å². The van der Waals surface area contributed by atoms with Crippen molar-refractivity contribution in [3.05, 3.63) is 35.4 Å². The fourth-order valence-electron chi connectivity index (χ4n) is 2.46. The van der Waals surface area contributed by atoms with E-state index >= 15 is 0 Å². The topological polar surface area (TPSA) is 55.1 Å². The van der Waals surface area contributed by atoms with Crippen molar-refractivity contribution in [2.24, 2.45) is 5.73 Å². The molecule has 1 aromatic rings.